The molecule has 0 N–H and O–H groups in total. The lowest BCUT2D eigenvalue weighted by Crippen LogP contribution is -3.00. The summed E-state index contributed by atoms with van der Waals surface area (Å²) in [6.45, 7) is 2.13. The minimum atomic E-state index is -3.67. The van der Waals surface area contributed by atoms with Gasteiger partial charge >= 0.3 is 7.54 Å². The van der Waals surface area contributed by atoms with Gasteiger partial charge in [-0.1, -0.05) is 6.07 Å². The van der Waals surface area contributed by atoms with Crippen molar-refractivity contribution in [2.24, 2.45) is 17.8 Å². The second-order valence-corrected chi connectivity index (χ2v) is 8.90. The summed E-state index contributed by atoms with van der Waals surface area (Å²) in [6.07, 6.45) is 11.1. The Morgan fingerprint density at radius 1 is 0.967 bits per heavy atom. The van der Waals surface area contributed by atoms with Crippen molar-refractivity contribution in [3.63, 3.8) is 0 Å². The van der Waals surface area contributed by atoms with Crippen molar-refractivity contribution in [1.82, 2.24) is 0 Å². The summed E-state index contributed by atoms with van der Waals surface area (Å²) in [4.78, 5) is 2.34. The quantitative estimate of drug-likeness (QED) is 0.412. The van der Waals surface area contributed by atoms with E-state index in [9.17, 15) is 12.9 Å². The van der Waals surface area contributed by atoms with Crippen LogP contribution in [-0.4, -0.2) is 51.3 Å². The van der Waals surface area contributed by atoms with Gasteiger partial charge in [0.05, 0.1) is 14.2 Å². The maximum atomic E-state index is 9.67. The number of para-hydroxylation sites is 1. The SMILES string of the molecule is COc1cccc(OC)c1N1C=[N+](C23CC4CC(CC(C4)C2)C3)CC1.FB(F)F.[F-]. The summed E-state index contributed by atoms with van der Waals surface area (Å²) in [5.41, 5.74) is 1.50. The van der Waals surface area contributed by atoms with Crippen LogP contribution in [0.15, 0.2) is 18.2 Å². The number of anilines is 1. The largest absolute Gasteiger partial charge is 1.00 e. The summed E-state index contributed by atoms with van der Waals surface area (Å²) >= 11 is 0. The fraction of sp³-hybridized carbons (Fsp3) is 0.667. The number of benzene rings is 1. The maximum Gasteiger partial charge on any atom is 0.762 e. The molecule has 1 aliphatic heterocycles. The van der Waals surface area contributed by atoms with Crippen LogP contribution < -0.4 is 19.1 Å². The fourth-order valence-electron chi connectivity index (χ4n) is 6.56. The van der Waals surface area contributed by atoms with Gasteiger partial charge in [0.2, 0.25) is 12.0 Å². The third-order valence-corrected chi connectivity index (χ3v) is 7.16. The molecule has 4 bridgehead atoms. The van der Waals surface area contributed by atoms with Gasteiger partial charge in [-0.3, -0.25) is 17.5 Å². The molecule has 6 rings (SSSR count). The lowest BCUT2D eigenvalue weighted by Gasteiger charge is -2.55. The highest BCUT2D eigenvalue weighted by Crippen LogP contribution is 2.57. The Balaban J connectivity index is 0.000000473. The van der Waals surface area contributed by atoms with Gasteiger partial charge in [0.1, 0.15) is 18.6 Å². The van der Waals surface area contributed by atoms with Gasteiger partial charge in [-0.05, 0) is 68.4 Å². The van der Waals surface area contributed by atoms with Crippen LogP contribution >= 0.6 is 0 Å². The van der Waals surface area contributed by atoms with Crippen LogP contribution in [0.3, 0.4) is 0 Å². The Morgan fingerprint density at radius 3 is 1.87 bits per heavy atom. The third-order valence-electron chi connectivity index (χ3n) is 7.16. The average molecular weight is 428 g/mol. The highest BCUT2D eigenvalue weighted by atomic mass is 19.4. The van der Waals surface area contributed by atoms with Gasteiger partial charge in [-0.2, -0.15) is 0 Å². The smallest absolute Gasteiger partial charge is 0.762 e. The minimum Gasteiger partial charge on any atom is -1.00 e. The van der Waals surface area contributed by atoms with Crippen molar-refractivity contribution in [3.05, 3.63) is 18.2 Å². The van der Waals surface area contributed by atoms with E-state index < -0.39 is 7.54 Å². The molecule has 4 saturated carbocycles. The molecule has 0 radical (unpaired) electrons. The van der Waals surface area contributed by atoms with Crippen molar-refractivity contribution >= 4 is 19.6 Å². The van der Waals surface area contributed by atoms with E-state index in [1.54, 1.807) is 14.2 Å². The van der Waals surface area contributed by atoms with Gasteiger partial charge < -0.3 is 14.2 Å². The number of methoxy groups -OCH3 is 2. The van der Waals surface area contributed by atoms with Gasteiger partial charge in [-0.15, -0.1) is 0 Å². The lowest BCUT2D eigenvalue weighted by atomic mass is 9.53. The molecule has 4 fully saturated rings. The first-order chi connectivity index (χ1) is 13.9. The van der Waals surface area contributed by atoms with Crippen LogP contribution in [0.2, 0.25) is 0 Å². The first kappa shape index (κ1) is 22.8. The van der Waals surface area contributed by atoms with Gasteiger partial charge in [0.15, 0.2) is 11.5 Å². The first-order valence-electron chi connectivity index (χ1n) is 10.5. The topological polar surface area (TPSA) is 24.7 Å². The Morgan fingerprint density at radius 2 is 1.43 bits per heavy atom. The van der Waals surface area contributed by atoms with Gasteiger partial charge in [0, 0.05) is 0 Å². The Kier molecular flexibility index (Phi) is 6.87. The standard InChI is InChI=1S/C21H29N2O2.BF3.FH/c1-24-18-4-3-5-19(25-2)20(18)22-6-7-23(14-22)21-11-15-8-16(12-21)10-17(9-15)13-21;2-1(3)4;/h3-5,14-17H,6-13H2,1-2H3;;1H/q+1;;/p-1. The van der Waals surface area contributed by atoms with E-state index >= 15 is 0 Å². The molecule has 9 heteroatoms. The van der Waals surface area contributed by atoms with Crippen LogP contribution in [0.5, 0.6) is 11.5 Å². The second-order valence-electron chi connectivity index (χ2n) is 8.90. The molecule has 4 aliphatic carbocycles. The monoisotopic (exact) mass is 428 g/mol. The third kappa shape index (κ3) is 4.25. The molecule has 0 saturated heterocycles. The zero-order chi connectivity index (χ0) is 20.6. The summed E-state index contributed by atoms with van der Waals surface area (Å²) in [7, 11) is -0.184. The van der Waals surface area contributed by atoms with Crippen LogP contribution in [0.4, 0.5) is 18.6 Å². The maximum absolute atomic E-state index is 9.67. The number of rotatable bonds is 4. The molecule has 1 aromatic carbocycles. The average Bonchev–Trinajstić information content (AvgIpc) is 3.16. The van der Waals surface area contributed by atoms with Crippen molar-refractivity contribution in [1.29, 1.82) is 0 Å². The number of ether oxygens (including phenoxy) is 2. The Bertz CT molecular complexity index is 717. The Hall–Kier alpha value is -1.93. The molecule has 1 aromatic rings. The van der Waals surface area contributed by atoms with E-state index in [-0.39, 0.29) is 4.70 Å². The molecule has 166 valence electrons. The normalized spacial score (nSPS) is 30.8. The van der Waals surface area contributed by atoms with E-state index in [4.69, 9.17) is 9.47 Å². The molecule has 0 unspecified atom stereocenters. The zero-order valence-electron chi connectivity index (χ0n) is 17.5. The summed E-state index contributed by atoms with van der Waals surface area (Å²) in [6, 6.07) is 6.05. The molecular weight excluding hydrogens is 399 g/mol. The molecule has 0 aromatic heterocycles. The summed E-state index contributed by atoms with van der Waals surface area (Å²) < 4.78 is 42.9. The number of hydrogen-bond donors (Lipinski definition) is 0. The zero-order valence-corrected chi connectivity index (χ0v) is 17.5. The van der Waals surface area contributed by atoms with Crippen molar-refractivity contribution < 1.29 is 31.7 Å². The van der Waals surface area contributed by atoms with E-state index in [1.807, 2.05) is 18.2 Å². The molecule has 30 heavy (non-hydrogen) atoms. The van der Waals surface area contributed by atoms with Crippen molar-refractivity contribution in [2.45, 2.75) is 44.1 Å². The molecule has 0 atom stereocenters. The second kappa shape index (κ2) is 9.06. The number of hydrogen-bond acceptors (Lipinski definition) is 3. The predicted octanol–water partition coefficient (Wildman–Crippen LogP) is 1.42. The fourth-order valence-corrected chi connectivity index (χ4v) is 6.56. The molecule has 5 aliphatic rings. The Labute approximate surface area is 175 Å². The molecule has 0 spiro atoms. The van der Waals surface area contributed by atoms with E-state index in [1.165, 1.54) is 38.5 Å². The van der Waals surface area contributed by atoms with Crippen LogP contribution in [0.25, 0.3) is 0 Å². The summed E-state index contributed by atoms with van der Waals surface area (Å²) in [5, 5.41) is 0. The van der Waals surface area contributed by atoms with E-state index in [2.05, 4.69) is 15.8 Å². The lowest BCUT2D eigenvalue weighted by molar-refractivity contribution is -0.614. The summed E-state index contributed by atoms with van der Waals surface area (Å²) in [5.74, 6) is 4.73. The van der Waals surface area contributed by atoms with Gasteiger partial charge in [0.25, 0.3) is 0 Å². The molecule has 4 nitrogen and oxygen atoms in total. The van der Waals surface area contributed by atoms with Crippen LogP contribution in [-0.2, 0) is 0 Å². The minimum absolute atomic E-state index is 0. The highest BCUT2D eigenvalue weighted by Gasteiger charge is 2.55. The van der Waals surface area contributed by atoms with Crippen LogP contribution in [0.1, 0.15) is 38.5 Å². The van der Waals surface area contributed by atoms with Crippen LogP contribution in [0, 0.1) is 17.8 Å². The molecule has 0 amide bonds. The molecule has 1 heterocycles. The van der Waals surface area contributed by atoms with Crippen molar-refractivity contribution in [2.75, 3.05) is 32.2 Å². The molecular formula is C21H29BF4N2O2. The van der Waals surface area contributed by atoms with E-state index in [0.29, 0.717) is 5.54 Å². The van der Waals surface area contributed by atoms with E-state index in [0.717, 1.165) is 48.0 Å². The highest BCUT2D eigenvalue weighted by molar-refractivity contribution is 6.33. The van der Waals surface area contributed by atoms with Crippen molar-refractivity contribution in [3.8, 4) is 11.5 Å². The first-order valence-corrected chi connectivity index (χ1v) is 10.5. The predicted molar refractivity (Wildman–Crippen MR) is 108 cm³/mol. The number of halogens is 4. The number of nitrogens with zero attached hydrogens (tertiary/aromatic N) is 2. The van der Waals surface area contributed by atoms with Gasteiger partial charge in [-0.25, -0.2) is 4.90 Å².